The fourth-order valence-electron chi connectivity index (χ4n) is 4.14. The van der Waals surface area contributed by atoms with Crippen LogP contribution in [0.1, 0.15) is 29.3 Å². The van der Waals surface area contributed by atoms with Crippen molar-refractivity contribution in [1.82, 2.24) is 20.2 Å². The smallest absolute Gasteiger partial charge is 0.229 e. The Labute approximate surface area is 168 Å². The van der Waals surface area contributed by atoms with Crippen molar-refractivity contribution in [2.45, 2.75) is 33.1 Å². The number of imidazole rings is 1. The molecule has 0 bridgehead atoms. The quantitative estimate of drug-likeness (QED) is 0.635. The van der Waals surface area contributed by atoms with Crippen LogP contribution < -0.4 is 14.8 Å². The zero-order valence-electron chi connectivity index (χ0n) is 16.5. The van der Waals surface area contributed by atoms with Gasteiger partial charge in [-0.1, -0.05) is 6.07 Å². The monoisotopic (exact) mass is 393 g/mol. The largest absolute Gasteiger partial charge is 0.486 e. The molecule has 0 spiro atoms. The fourth-order valence-corrected chi connectivity index (χ4v) is 4.14. The highest BCUT2D eigenvalue weighted by atomic mass is 16.6. The Balaban J connectivity index is 1.38. The number of aromatic amines is 2. The molecular weight excluding hydrogens is 370 g/mol. The summed E-state index contributed by atoms with van der Waals surface area (Å²) in [4.78, 5) is 20.7. The first kappa shape index (κ1) is 17.8. The van der Waals surface area contributed by atoms with Gasteiger partial charge in [0.1, 0.15) is 19.0 Å². The van der Waals surface area contributed by atoms with E-state index in [0.717, 1.165) is 52.6 Å². The number of fused-ring (bicyclic) bond motifs is 2. The van der Waals surface area contributed by atoms with Gasteiger partial charge in [-0.2, -0.15) is 5.10 Å². The number of hydrogen-bond donors (Lipinski definition) is 3. The SMILES string of the molecule is Cc1nc2c([nH]1)CC(C(=O)Nc1n[nH]c(C)c1-c1ccc3c(c1)OCCO3)CC2. The molecule has 3 heterocycles. The summed E-state index contributed by atoms with van der Waals surface area (Å²) in [7, 11) is 0. The molecule has 1 aromatic carbocycles. The van der Waals surface area contributed by atoms with Crippen LogP contribution in [0.3, 0.4) is 0 Å². The van der Waals surface area contributed by atoms with Crippen molar-refractivity contribution in [3.8, 4) is 22.6 Å². The highest BCUT2D eigenvalue weighted by Crippen LogP contribution is 2.38. The van der Waals surface area contributed by atoms with Gasteiger partial charge in [0.2, 0.25) is 5.91 Å². The van der Waals surface area contributed by atoms with Crippen molar-refractivity contribution in [2.75, 3.05) is 18.5 Å². The number of ether oxygens (including phenoxy) is 2. The number of carbonyl (C=O) groups excluding carboxylic acids is 1. The van der Waals surface area contributed by atoms with Crippen LogP contribution in [0, 0.1) is 19.8 Å². The Kier molecular flexibility index (Phi) is 4.26. The van der Waals surface area contributed by atoms with Gasteiger partial charge in [-0.3, -0.25) is 9.89 Å². The zero-order valence-corrected chi connectivity index (χ0v) is 16.5. The average Bonchev–Trinajstić information content (AvgIpc) is 3.28. The van der Waals surface area contributed by atoms with E-state index in [2.05, 4.69) is 25.5 Å². The van der Waals surface area contributed by atoms with Crippen LogP contribution >= 0.6 is 0 Å². The van der Waals surface area contributed by atoms with Gasteiger partial charge in [-0.05, 0) is 44.4 Å². The lowest BCUT2D eigenvalue weighted by Gasteiger charge is -2.21. The molecule has 29 heavy (non-hydrogen) atoms. The predicted molar refractivity (Wildman–Crippen MR) is 107 cm³/mol. The minimum absolute atomic E-state index is 0.0202. The number of carbonyl (C=O) groups is 1. The lowest BCUT2D eigenvalue weighted by Crippen LogP contribution is -2.28. The van der Waals surface area contributed by atoms with E-state index in [1.54, 1.807) is 0 Å². The van der Waals surface area contributed by atoms with Crippen LogP contribution in [-0.2, 0) is 17.6 Å². The van der Waals surface area contributed by atoms with Crippen LogP contribution in [0.4, 0.5) is 5.82 Å². The molecule has 1 unspecified atom stereocenters. The van der Waals surface area contributed by atoms with Crippen LogP contribution in [0.25, 0.3) is 11.1 Å². The summed E-state index contributed by atoms with van der Waals surface area (Å²) in [5.41, 5.74) is 4.82. The fraction of sp³-hybridized carbons (Fsp3) is 0.381. The van der Waals surface area contributed by atoms with Gasteiger partial charge in [0.25, 0.3) is 0 Å². The Morgan fingerprint density at radius 3 is 2.90 bits per heavy atom. The second-order valence-electron chi connectivity index (χ2n) is 7.61. The van der Waals surface area contributed by atoms with E-state index in [1.807, 2.05) is 32.0 Å². The molecule has 2 aliphatic rings. The number of benzene rings is 1. The molecule has 1 aliphatic carbocycles. The van der Waals surface area contributed by atoms with Crippen molar-refractivity contribution in [2.24, 2.45) is 5.92 Å². The van der Waals surface area contributed by atoms with Gasteiger partial charge in [-0.15, -0.1) is 0 Å². The van der Waals surface area contributed by atoms with Gasteiger partial charge in [0, 0.05) is 29.3 Å². The number of hydrogen-bond acceptors (Lipinski definition) is 5. The first-order valence-electron chi connectivity index (χ1n) is 9.88. The number of amides is 1. The van der Waals surface area contributed by atoms with E-state index in [9.17, 15) is 4.79 Å². The standard InChI is InChI=1S/C21H23N5O3/c1-11-19(13-4-6-17-18(10-13)29-8-7-28-17)20(26-25-11)24-21(27)14-3-5-15-16(9-14)23-12(2)22-15/h4,6,10,14H,3,5,7-9H2,1-2H3,(H,22,23)(H2,24,25,26,27). The van der Waals surface area contributed by atoms with Crippen LogP contribution in [-0.4, -0.2) is 39.3 Å². The third kappa shape index (κ3) is 3.24. The molecule has 0 radical (unpaired) electrons. The maximum Gasteiger partial charge on any atom is 0.229 e. The second kappa shape index (κ2) is 6.95. The van der Waals surface area contributed by atoms with Crippen LogP contribution in [0.15, 0.2) is 18.2 Å². The number of nitrogens with zero attached hydrogens (tertiary/aromatic N) is 2. The highest BCUT2D eigenvalue weighted by molar-refractivity contribution is 5.96. The average molecular weight is 393 g/mol. The molecular formula is C21H23N5O3. The lowest BCUT2D eigenvalue weighted by molar-refractivity contribution is -0.120. The van der Waals surface area contributed by atoms with E-state index in [0.29, 0.717) is 31.2 Å². The van der Waals surface area contributed by atoms with Crippen molar-refractivity contribution in [1.29, 1.82) is 0 Å². The molecule has 150 valence electrons. The van der Waals surface area contributed by atoms with Gasteiger partial charge < -0.3 is 19.8 Å². The molecule has 5 rings (SSSR count). The van der Waals surface area contributed by atoms with Crippen molar-refractivity contribution < 1.29 is 14.3 Å². The third-order valence-electron chi connectivity index (χ3n) is 5.55. The van der Waals surface area contributed by atoms with Gasteiger partial charge in [0.05, 0.1) is 5.69 Å². The molecule has 0 fully saturated rings. The summed E-state index contributed by atoms with van der Waals surface area (Å²) in [6.45, 7) is 4.97. The van der Waals surface area contributed by atoms with Crippen LogP contribution in [0.5, 0.6) is 11.5 Å². The normalized spacial score (nSPS) is 17.7. The molecule has 3 N–H and O–H groups in total. The topological polar surface area (TPSA) is 105 Å². The van der Waals surface area contributed by atoms with E-state index in [4.69, 9.17) is 9.47 Å². The number of anilines is 1. The number of aryl methyl sites for hydroxylation is 3. The molecule has 1 amide bonds. The summed E-state index contributed by atoms with van der Waals surface area (Å²) >= 11 is 0. The minimum atomic E-state index is -0.104. The maximum absolute atomic E-state index is 13.0. The maximum atomic E-state index is 13.0. The Bertz CT molecular complexity index is 1080. The number of nitrogens with one attached hydrogen (secondary N) is 3. The first-order valence-corrected chi connectivity index (χ1v) is 9.88. The van der Waals surface area contributed by atoms with E-state index in [-0.39, 0.29) is 11.8 Å². The molecule has 1 aliphatic heterocycles. The lowest BCUT2D eigenvalue weighted by atomic mass is 9.89. The summed E-state index contributed by atoms with van der Waals surface area (Å²) in [5, 5.41) is 10.4. The van der Waals surface area contributed by atoms with Crippen molar-refractivity contribution >= 4 is 11.7 Å². The molecule has 8 nitrogen and oxygen atoms in total. The zero-order chi connectivity index (χ0) is 20.0. The van der Waals surface area contributed by atoms with Gasteiger partial charge >= 0.3 is 0 Å². The third-order valence-corrected chi connectivity index (χ3v) is 5.55. The Morgan fingerprint density at radius 2 is 2.03 bits per heavy atom. The van der Waals surface area contributed by atoms with E-state index in [1.165, 1.54) is 0 Å². The summed E-state index contributed by atoms with van der Waals surface area (Å²) in [5.74, 6) is 2.76. The second-order valence-corrected chi connectivity index (χ2v) is 7.61. The first-order chi connectivity index (χ1) is 14.1. The predicted octanol–water partition coefficient (Wildman–Crippen LogP) is 2.93. The summed E-state index contributed by atoms with van der Waals surface area (Å²) < 4.78 is 11.3. The van der Waals surface area contributed by atoms with E-state index < -0.39 is 0 Å². The molecule has 0 saturated heterocycles. The molecule has 8 heteroatoms. The number of H-pyrrole nitrogens is 2. The molecule has 1 atom stereocenters. The molecule has 2 aromatic heterocycles. The number of rotatable bonds is 3. The van der Waals surface area contributed by atoms with E-state index >= 15 is 0 Å². The summed E-state index contributed by atoms with van der Waals surface area (Å²) in [6.07, 6.45) is 2.27. The molecule has 0 saturated carbocycles. The summed E-state index contributed by atoms with van der Waals surface area (Å²) in [6, 6.07) is 5.79. The Morgan fingerprint density at radius 1 is 1.21 bits per heavy atom. The van der Waals surface area contributed by atoms with Gasteiger partial charge in [-0.25, -0.2) is 4.98 Å². The van der Waals surface area contributed by atoms with Crippen LogP contribution in [0.2, 0.25) is 0 Å². The minimum Gasteiger partial charge on any atom is -0.486 e. The molecule has 3 aromatic rings. The highest BCUT2D eigenvalue weighted by Gasteiger charge is 2.28. The number of aromatic nitrogens is 4. The van der Waals surface area contributed by atoms with Crippen molar-refractivity contribution in [3.63, 3.8) is 0 Å². The Hall–Kier alpha value is -3.29. The van der Waals surface area contributed by atoms with Gasteiger partial charge in [0.15, 0.2) is 17.3 Å². The van der Waals surface area contributed by atoms with Crippen molar-refractivity contribution in [3.05, 3.63) is 41.1 Å².